The highest BCUT2D eigenvalue weighted by Crippen LogP contribution is 2.35. The Bertz CT molecular complexity index is 1860. The summed E-state index contributed by atoms with van der Waals surface area (Å²) in [6.45, 7) is 18.8. The van der Waals surface area contributed by atoms with Crippen LogP contribution in [0.5, 0.6) is 0 Å². The van der Waals surface area contributed by atoms with Gasteiger partial charge in [0.25, 0.3) is 0 Å². The van der Waals surface area contributed by atoms with Gasteiger partial charge in [-0.15, -0.1) is 0 Å². The normalized spacial score (nSPS) is 13.0. The van der Waals surface area contributed by atoms with E-state index in [0.29, 0.717) is 11.8 Å². The second kappa shape index (κ2) is 11.6. The summed E-state index contributed by atoms with van der Waals surface area (Å²) >= 11 is 0. The maximum atomic E-state index is 4.95. The van der Waals surface area contributed by atoms with Crippen LogP contribution in [-0.2, 0) is 0 Å². The minimum atomic E-state index is 0.319. The predicted molar refractivity (Wildman–Crippen MR) is 179 cm³/mol. The fourth-order valence-electron chi connectivity index (χ4n) is 5.53. The molecule has 4 aromatic carbocycles. The van der Waals surface area contributed by atoms with Crippen LogP contribution >= 0.6 is 0 Å². The molecule has 0 spiro atoms. The van der Waals surface area contributed by atoms with Crippen molar-refractivity contribution < 1.29 is 0 Å². The molecule has 5 aromatic rings. The molecule has 0 saturated heterocycles. The molecule has 0 amide bonds. The molecule has 41 heavy (non-hydrogen) atoms. The van der Waals surface area contributed by atoms with Crippen molar-refractivity contribution in [2.75, 3.05) is 0 Å². The van der Waals surface area contributed by atoms with E-state index in [2.05, 4.69) is 137 Å². The van der Waals surface area contributed by atoms with E-state index in [1.807, 2.05) is 6.21 Å². The van der Waals surface area contributed by atoms with Crippen molar-refractivity contribution in [1.29, 1.82) is 0 Å². The number of fused-ring (bicyclic) bond motifs is 4. The molecule has 0 bridgehead atoms. The Labute approximate surface area is 243 Å². The van der Waals surface area contributed by atoms with Crippen LogP contribution in [0, 0.1) is 12.8 Å². The van der Waals surface area contributed by atoms with Crippen molar-refractivity contribution in [2.45, 2.75) is 54.4 Å². The molecule has 1 aromatic heterocycles. The molecule has 0 radical (unpaired) electrons. The minimum absolute atomic E-state index is 0.319. The van der Waals surface area contributed by atoms with Gasteiger partial charge in [0, 0.05) is 40.7 Å². The number of aliphatic imine (C=N–C) groups is 1. The summed E-state index contributed by atoms with van der Waals surface area (Å²) in [5, 5.41) is 8.37. The molecule has 5 rings (SSSR count). The summed E-state index contributed by atoms with van der Waals surface area (Å²) in [7, 11) is 0. The van der Waals surface area contributed by atoms with E-state index in [1.54, 1.807) is 6.20 Å². The highest BCUT2D eigenvalue weighted by Gasteiger charge is 2.17. The van der Waals surface area contributed by atoms with E-state index >= 15 is 0 Å². The molecule has 0 fully saturated rings. The molecule has 4 heteroatoms. The van der Waals surface area contributed by atoms with Gasteiger partial charge in [-0.1, -0.05) is 82.8 Å². The lowest BCUT2D eigenvalue weighted by Gasteiger charge is -2.17. The number of hydrogen-bond donors (Lipinski definition) is 2. The van der Waals surface area contributed by atoms with E-state index in [0.717, 1.165) is 44.5 Å². The zero-order chi connectivity index (χ0) is 29.3. The third-order valence-corrected chi connectivity index (χ3v) is 7.90. The third kappa shape index (κ3) is 5.35. The van der Waals surface area contributed by atoms with Gasteiger partial charge in [0.15, 0.2) is 0 Å². The quantitative estimate of drug-likeness (QED) is 0.192. The highest BCUT2D eigenvalue weighted by atomic mass is 14.9. The molecule has 0 aliphatic rings. The second-order valence-corrected chi connectivity index (χ2v) is 11.3. The lowest BCUT2D eigenvalue weighted by atomic mass is 9.93. The van der Waals surface area contributed by atoms with Gasteiger partial charge in [0.2, 0.25) is 0 Å². The number of nitrogens with one attached hydrogen (secondary N) is 2. The largest absolute Gasteiger partial charge is 0.359 e. The van der Waals surface area contributed by atoms with Crippen molar-refractivity contribution in [3.63, 3.8) is 0 Å². The summed E-state index contributed by atoms with van der Waals surface area (Å²) in [6, 6.07) is 20.1. The van der Waals surface area contributed by atoms with E-state index in [9.17, 15) is 0 Å². The first kappa shape index (κ1) is 28.1. The van der Waals surface area contributed by atoms with Crippen LogP contribution in [0.3, 0.4) is 0 Å². The maximum absolute atomic E-state index is 4.95. The number of aryl methyl sites for hydroxylation is 1. The average Bonchev–Trinajstić information content (AvgIpc) is 3.43. The summed E-state index contributed by atoms with van der Waals surface area (Å²) in [6.07, 6.45) is 7.79. The zero-order valence-corrected chi connectivity index (χ0v) is 25.3. The van der Waals surface area contributed by atoms with Crippen LogP contribution in [0.15, 0.2) is 90.2 Å². The fourth-order valence-corrected chi connectivity index (χ4v) is 5.53. The van der Waals surface area contributed by atoms with Crippen molar-refractivity contribution in [3.8, 4) is 11.1 Å². The van der Waals surface area contributed by atoms with Crippen LogP contribution in [0.2, 0.25) is 0 Å². The van der Waals surface area contributed by atoms with Crippen LogP contribution in [0.25, 0.3) is 49.4 Å². The Hall–Kier alpha value is -4.44. The number of nitrogens with zero attached hydrogens (tertiary/aromatic N) is 2. The maximum Gasteiger partial charge on any atom is 0.109 e. The minimum Gasteiger partial charge on any atom is -0.359 e. The number of rotatable bonds is 8. The molecule has 1 heterocycles. The molecule has 0 saturated carbocycles. The van der Waals surface area contributed by atoms with E-state index in [4.69, 9.17) is 4.98 Å². The SMILES string of the molecule is C=CN=Cc1c(C)c2nc(C(C)C)[nH]c2c2ccc(-c3ccc4cc(/C(=C/C)N/C(=C\C)C(C)C)ccc4c3)cc12. The van der Waals surface area contributed by atoms with Gasteiger partial charge >= 0.3 is 0 Å². The predicted octanol–water partition coefficient (Wildman–Crippen LogP) is 10.0. The van der Waals surface area contributed by atoms with Crippen LogP contribution in [0.1, 0.15) is 70.0 Å². The van der Waals surface area contributed by atoms with Crippen LogP contribution in [0.4, 0.5) is 0 Å². The van der Waals surface area contributed by atoms with E-state index in [1.165, 1.54) is 33.2 Å². The monoisotopic (exact) mass is 540 g/mol. The van der Waals surface area contributed by atoms with Gasteiger partial charge in [-0.3, -0.25) is 4.99 Å². The Morgan fingerprint density at radius 1 is 0.902 bits per heavy atom. The topological polar surface area (TPSA) is 53.1 Å². The average molecular weight is 541 g/mol. The lowest BCUT2D eigenvalue weighted by Crippen LogP contribution is -2.15. The number of aromatic nitrogens is 2. The van der Waals surface area contributed by atoms with Crippen molar-refractivity contribution in [1.82, 2.24) is 15.3 Å². The summed E-state index contributed by atoms with van der Waals surface area (Å²) in [5.41, 5.74) is 10.2. The first-order valence-corrected chi connectivity index (χ1v) is 14.5. The van der Waals surface area contributed by atoms with Crippen LogP contribution < -0.4 is 5.32 Å². The second-order valence-electron chi connectivity index (χ2n) is 11.3. The molecular weight excluding hydrogens is 500 g/mol. The Balaban J connectivity index is 1.59. The first-order chi connectivity index (χ1) is 19.7. The molecule has 0 atom stereocenters. The first-order valence-electron chi connectivity index (χ1n) is 14.5. The number of imidazole rings is 1. The van der Waals surface area contributed by atoms with Gasteiger partial charge in [0.1, 0.15) is 5.82 Å². The van der Waals surface area contributed by atoms with Gasteiger partial charge in [-0.05, 0) is 83.3 Å². The van der Waals surface area contributed by atoms with E-state index < -0.39 is 0 Å². The summed E-state index contributed by atoms with van der Waals surface area (Å²) < 4.78 is 0. The number of benzene rings is 4. The molecule has 2 N–H and O–H groups in total. The van der Waals surface area contributed by atoms with Gasteiger partial charge in [-0.25, -0.2) is 4.98 Å². The third-order valence-electron chi connectivity index (χ3n) is 7.90. The smallest absolute Gasteiger partial charge is 0.109 e. The highest BCUT2D eigenvalue weighted by molar-refractivity contribution is 6.15. The summed E-state index contributed by atoms with van der Waals surface area (Å²) in [5.74, 6) is 1.76. The zero-order valence-electron chi connectivity index (χ0n) is 25.3. The molecule has 208 valence electrons. The van der Waals surface area contributed by atoms with Crippen molar-refractivity contribution in [3.05, 3.63) is 108 Å². The Morgan fingerprint density at radius 2 is 1.61 bits per heavy atom. The van der Waals surface area contributed by atoms with Crippen molar-refractivity contribution in [2.24, 2.45) is 10.9 Å². The number of hydrogen-bond acceptors (Lipinski definition) is 3. The molecular formula is C37H40N4. The fraction of sp³-hybridized carbons (Fsp3) is 0.243. The van der Waals surface area contributed by atoms with Gasteiger partial charge < -0.3 is 10.3 Å². The van der Waals surface area contributed by atoms with Crippen LogP contribution in [-0.4, -0.2) is 16.2 Å². The number of H-pyrrole nitrogens is 1. The van der Waals surface area contributed by atoms with Gasteiger partial charge in [-0.2, -0.15) is 0 Å². The molecule has 0 aliphatic carbocycles. The Kier molecular flexibility index (Phi) is 7.94. The molecule has 4 nitrogen and oxygen atoms in total. The van der Waals surface area contributed by atoms with Gasteiger partial charge in [0.05, 0.1) is 11.0 Å². The van der Waals surface area contributed by atoms with E-state index in [-0.39, 0.29) is 0 Å². The standard InChI is InChI=1S/C37H40N4/c1-9-33(22(4)5)39-34(10-2)29-15-14-25-18-26(12-13-27(25)19-29)28-16-17-30-31(20-28)32(21-38-11-3)24(8)35-36(30)41-37(40-35)23(6)7/h9-23,39H,3H2,1-2,4-8H3,(H,40,41)/b33-9-,34-10-,38-21?. The number of allylic oxidation sites excluding steroid dienone is 3. The summed E-state index contributed by atoms with van der Waals surface area (Å²) in [4.78, 5) is 12.9. The Morgan fingerprint density at radius 3 is 2.29 bits per heavy atom. The van der Waals surface area contributed by atoms with Crippen molar-refractivity contribution >= 4 is 44.5 Å². The molecule has 0 unspecified atom stereocenters. The lowest BCUT2D eigenvalue weighted by molar-refractivity contribution is 0.717. The molecule has 0 aliphatic heterocycles. The number of aromatic amines is 1.